The molecule has 114 valence electrons. The molecule has 1 aliphatic carbocycles. The highest BCUT2D eigenvalue weighted by Gasteiger charge is 2.23. The van der Waals surface area contributed by atoms with Gasteiger partial charge >= 0.3 is 0 Å². The standard InChI is InChI=1S/C17H16ClFN2O/c18-15-2-1-3-16(19)14(15)7-17(22)21-9-11-6-13(10-20-8-11)12-4-5-12/h1-3,6,8,10,12H,4-5,7,9H2,(H,21,22). The van der Waals surface area contributed by atoms with Crippen molar-refractivity contribution in [1.82, 2.24) is 10.3 Å². The monoisotopic (exact) mass is 318 g/mol. The van der Waals surface area contributed by atoms with Crippen LogP contribution in [0.3, 0.4) is 0 Å². The lowest BCUT2D eigenvalue weighted by Crippen LogP contribution is -2.25. The van der Waals surface area contributed by atoms with E-state index in [0.29, 0.717) is 12.5 Å². The molecule has 0 unspecified atom stereocenters. The number of nitrogens with one attached hydrogen (secondary N) is 1. The van der Waals surface area contributed by atoms with Crippen molar-refractivity contribution in [1.29, 1.82) is 0 Å². The van der Waals surface area contributed by atoms with Crippen LogP contribution in [0.2, 0.25) is 5.02 Å². The van der Waals surface area contributed by atoms with Crippen molar-refractivity contribution in [2.24, 2.45) is 0 Å². The van der Waals surface area contributed by atoms with Gasteiger partial charge in [0.2, 0.25) is 5.91 Å². The maximum Gasteiger partial charge on any atom is 0.224 e. The number of carbonyl (C=O) groups excluding carboxylic acids is 1. The number of halogens is 2. The topological polar surface area (TPSA) is 42.0 Å². The van der Waals surface area contributed by atoms with Gasteiger partial charge in [-0.2, -0.15) is 0 Å². The zero-order valence-electron chi connectivity index (χ0n) is 12.0. The second-order valence-electron chi connectivity index (χ2n) is 5.55. The fourth-order valence-electron chi connectivity index (χ4n) is 2.37. The molecule has 0 aliphatic heterocycles. The van der Waals surface area contributed by atoms with E-state index in [-0.39, 0.29) is 22.9 Å². The molecule has 1 saturated carbocycles. The van der Waals surface area contributed by atoms with Crippen molar-refractivity contribution in [2.45, 2.75) is 31.7 Å². The molecule has 2 aromatic rings. The van der Waals surface area contributed by atoms with Crippen molar-refractivity contribution < 1.29 is 9.18 Å². The summed E-state index contributed by atoms with van der Waals surface area (Å²) in [7, 11) is 0. The summed E-state index contributed by atoms with van der Waals surface area (Å²) >= 11 is 5.92. The average molecular weight is 319 g/mol. The second kappa shape index (κ2) is 6.44. The first kappa shape index (κ1) is 15.0. The molecule has 0 radical (unpaired) electrons. The van der Waals surface area contributed by atoms with Gasteiger partial charge in [0.15, 0.2) is 0 Å². The Morgan fingerprint density at radius 3 is 2.91 bits per heavy atom. The Bertz CT molecular complexity index is 681. The molecule has 1 heterocycles. The number of hydrogen-bond acceptors (Lipinski definition) is 2. The number of carbonyl (C=O) groups is 1. The van der Waals surface area contributed by atoms with E-state index in [1.807, 2.05) is 6.20 Å². The molecule has 0 spiro atoms. The highest BCUT2D eigenvalue weighted by Crippen LogP contribution is 2.39. The van der Waals surface area contributed by atoms with Crippen molar-refractivity contribution in [3.8, 4) is 0 Å². The Kier molecular flexibility index (Phi) is 4.39. The van der Waals surface area contributed by atoms with Gasteiger partial charge in [0.05, 0.1) is 6.42 Å². The molecule has 1 amide bonds. The zero-order chi connectivity index (χ0) is 15.5. The highest BCUT2D eigenvalue weighted by molar-refractivity contribution is 6.31. The van der Waals surface area contributed by atoms with Gasteiger partial charge in [0.1, 0.15) is 5.82 Å². The highest BCUT2D eigenvalue weighted by atomic mass is 35.5. The Hall–Kier alpha value is -1.94. The summed E-state index contributed by atoms with van der Waals surface area (Å²) in [5.74, 6) is -0.0933. The Labute approximate surface area is 133 Å². The van der Waals surface area contributed by atoms with Gasteiger partial charge < -0.3 is 5.32 Å². The molecule has 1 fully saturated rings. The van der Waals surface area contributed by atoms with Gasteiger partial charge in [-0.05, 0) is 42.0 Å². The normalized spacial score (nSPS) is 13.9. The predicted molar refractivity (Wildman–Crippen MR) is 83.2 cm³/mol. The van der Waals surface area contributed by atoms with Crippen LogP contribution in [0.4, 0.5) is 4.39 Å². The van der Waals surface area contributed by atoms with Crippen LogP contribution in [-0.2, 0) is 17.8 Å². The smallest absolute Gasteiger partial charge is 0.224 e. The molecule has 22 heavy (non-hydrogen) atoms. The summed E-state index contributed by atoms with van der Waals surface area (Å²) in [5.41, 5.74) is 2.41. The van der Waals surface area contributed by atoms with E-state index in [2.05, 4.69) is 16.4 Å². The summed E-state index contributed by atoms with van der Waals surface area (Å²) in [6, 6.07) is 6.48. The van der Waals surface area contributed by atoms with Crippen LogP contribution in [0.15, 0.2) is 36.7 Å². The number of rotatable bonds is 5. The quantitative estimate of drug-likeness (QED) is 0.915. The van der Waals surface area contributed by atoms with Gasteiger partial charge in [-0.15, -0.1) is 0 Å². The van der Waals surface area contributed by atoms with Gasteiger partial charge in [0.25, 0.3) is 0 Å². The maximum atomic E-state index is 13.6. The first-order valence-electron chi connectivity index (χ1n) is 7.27. The predicted octanol–water partition coefficient (Wildman–Crippen LogP) is 3.61. The molecular weight excluding hydrogens is 303 g/mol. The van der Waals surface area contributed by atoms with Gasteiger partial charge in [-0.1, -0.05) is 23.7 Å². The Morgan fingerprint density at radius 2 is 2.18 bits per heavy atom. The third-order valence-corrected chi connectivity index (χ3v) is 4.11. The van der Waals surface area contributed by atoms with E-state index >= 15 is 0 Å². The third-order valence-electron chi connectivity index (χ3n) is 3.75. The van der Waals surface area contributed by atoms with Crippen LogP contribution in [0.25, 0.3) is 0 Å². The van der Waals surface area contributed by atoms with E-state index in [0.717, 1.165) is 5.56 Å². The van der Waals surface area contributed by atoms with Crippen LogP contribution >= 0.6 is 11.6 Å². The van der Waals surface area contributed by atoms with Crippen LogP contribution in [0, 0.1) is 5.82 Å². The molecule has 1 aliphatic rings. The van der Waals surface area contributed by atoms with Gasteiger partial charge in [-0.25, -0.2) is 4.39 Å². The molecule has 1 aromatic carbocycles. The van der Waals surface area contributed by atoms with Gasteiger partial charge in [0, 0.05) is 29.5 Å². The minimum absolute atomic E-state index is 0.0682. The number of nitrogens with zero attached hydrogens (tertiary/aromatic N) is 1. The van der Waals surface area contributed by atoms with Crippen LogP contribution in [0.1, 0.15) is 35.4 Å². The fourth-order valence-corrected chi connectivity index (χ4v) is 2.60. The van der Waals surface area contributed by atoms with Crippen LogP contribution < -0.4 is 5.32 Å². The molecule has 1 N–H and O–H groups in total. The molecule has 3 nitrogen and oxygen atoms in total. The third kappa shape index (κ3) is 3.63. The lowest BCUT2D eigenvalue weighted by molar-refractivity contribution is -0.120. The summed E-state index contributed by atoms with van der Waals surface area (Å²) < 4.78 is 13.6. The molecule has 0 saturated heterocycles. The summed E-state index contributed by atoms with van der Waals surface area (Å²) in [4.78, 5) is 16.2. The lowest BCUT2D eigenvalue weighted by Gasteiger charge is -2.08. The molecule has 3 rings (SSSR count). The van der Waals surface area contributed by atoms with Crippen molar-refractivity contribution >= 4 is 17.5 Å². The van der Waals surface area contributed by atoms with Crippen molar-refractivity contribution in [2.75, 3.05) is 0 Å². The van der Waals surface area contributed by atoms with Crippen LogP contribution in [-0.4, -0.2) is 10.9 Å². The van der Waals surface area contributed by atoms with E-state index in [9.17, 15) is 9.18 Å². The first-order valence-corrected chi connectivity index (χ1v) is 7.64. The molecule has 0 atom stereocenters. The number of hydrogen-bond donors (Lipinski definition) is 1. The minimum atomic E-state index is -0.458. The summed E-state index contributed by atoms with van der Waals surface area (Å²) in [6.45, 7) is 0.387. The molecule has 5 heteroatoms. The zero-order valence-corrected chi connectivity index (χ0v) is 12.7. The van der Waals surface area contributed by atoms with Crippen LogP contribution in [0.5, 0.6) is 0 Å². The van der Waals surface area contributed by atoms with Crippen molar-refractivity contribution in [3.63, 3.8) is 0 Å². The van der Waals surface area contributed by atoms with E-state index in [1.165, 1.54) is 30.5 Å². The average Bonchev–Trinajstić information content (AvgIpc) is 3.34. The van der Waals surface area contributed by atoms with E-state index in [1.54, 1.807) is 12.3 Å². The Balaban J connectivity index is 1.59. The summed E-state index contributed by atoms with van der Waals surface area (Å²) in [6.07, 6.45) is 5.97. The summed E-state index contributed by atoms with van der Waals surface area (Å²) in [5, 5.41) is 3.06. The Morgan fingerprint density at radius 1 is 1.36 bits per heavy atom. The first-order chi connectivity index (χ1) is 10.6. The number of amides is 1. The number of pyridine rings is 1. The molecule has 0 bridgehead atoms. The second-order valence-corrected chi connectivity index (χ2v) is 5.96. The van der Waals surface area contributed by atoms with E-state index in [4.69, 9.17) is 11.6 Å². The van der Waals surface area contributed by atoms with E-state index < -0.39 is 5.82 Å². The lowest BCUT2D eigenvalue weighted by atomic mass is 10.1. The molecular formula is C17H16ClFN2O. The number of aromatic nitrogens is 1. The molecule has 1 aromatic heterocycles. The van der Waals surface area contributed by atoms with Crippen molar-refractivity contribution in [3.05, 3.63) is 64.2 Å². The number of benzene rings is 1. The van der Waals surface area contributed by atoms with Gasteiger partial charge in [-0.3, -0.25) is 9.78 Å². The minimum Gasteiger partial charge on any atom is -0.352 e. The SMILES string of the molecule is O=C(Cc1c(F)cccc1Cl)NCc1cncc(C2CC2)c1. The largest absolute Gasteiger partial charge is 0.352 e. The maximum absolute atomic E-state index is 13.6. The fraction of sp³-hybridized carbons (Fsp3) is 0.294.